The predicted molar refractivity (Wildman–Crippen MR) is 88.4 cm³/mol. The molecule has 0 bridgehead atoms. The smallest absolute Gasteiger partial charge is 0.409 e. The van der Waals surface area contributed by atoms with Gasteiger partial charge in [0.1, 0.15) is 6.61 Å². The van der Waals surface area contributed by atoms with E-state index in [0.29, 0.717) is 38.7 Å². The summed E-state index contributed by atoms with van der Waals surface area (Å²) in [5, 5.41) is 5.62. The van der Waals surface area contributed by atoms with Gasteiger partial charge in [-0.1, -0.05) is 13.8 Å². The number of hydrogen-bond acceptors (Lipinski definition) is 5. The van der Waals surface area contributed by atoms with Gasteiger partial charge in [-0.25, -0.2) is 4.79 Å². The van der Waals surface area contributed by atoms with Crippen LogP contribution in [0.5, 0.6) is 0 Å². The second-order valence-electron chi connectivity index (χ2n) is 6.68. The van der Waals surface area contributed by atoms with E-state index >= 15 is 0 Å². The fourth-order valence-electron chi connectivity index (χ4n) is 2.88. The van der Waals surface area contributed by atoms with Crippen LogP contribution in [-0.4, -0.2) is 79.6 Å². The Morgan fingerprint density at radius 3 is 2.79 bits per heavy atom. The first kappa shape index (κ1) is 18.5. The monoisotopic (exact) mass is 340 g/mol. The Kier molecular flexibility index (Phi) is 6.84. The van der Waals surface area contributed by atoms with Gasteiger partial charge in [-0.2, -0.15) is 0 Å². The molecule has 2 aliphatic rings. The van der Waals surface area contributed by atoms with E-state index in [9.17, 15) is 14.4 Å². The molecule has 24 heavy (non-hydrogen) atoms. The Labute approximate surface area is 142 Å². The average Bonchev–Trinajstić information content (AvgIpc) is 2.93. The quantitative estimate of drug-likeness (QED) is 0.638. The van der Waals surface area contributed by atoms with Crippen LogP contribution >= 0.6 is 0 Å². The molecule has 2 fully saturated rings. The Bertz CT molecular complexity index is 469. The van der Waals surface area contributed by atoms with Crippen LogP contribution in [0.3, 0.4) is 0 Å². The summed E-state index contributed by atoms with van der Waals surface area (Å²) < 4.78 is 4.83. The summed E-state index contributed by atoms with van der Waals surface area (Å²) in [5.41, 5.74) is 0. The molecule has 3 amide bonds. The molecule has 0 aromatic rings. The molecular formula is C16H28N4O4. The van der Waals surface area contributed by atoms with Gasteiger partial charge in [0, 0.05) is 26.2 Å². The number of nitrogens with zero attached hydrogens (tertiary/aromatic N) is 2. The fraction of sp³-hybridized carbons (Fsp3) is 0.812. The number of hydrogen-bond donors (Lipinski definition) is 2. The Morgan fingerprint density at radius 2 is 2.12 bits per heavy atom. The van der Waals surface area contributed by atoms with Crippen LogP contribution < -0.4 is 10.6 Å². The lowest BCUT2D eigenvalue weighted by Gasteiger charge is -2.35. The van der Waals surface area contributed by atoms with Gasteiger partial charge >= 0.3 is 6.09 Å². The summed E-state index contributed by atoms with van der Waals surface area (Å²) in [4.78, 5) is 39.2. The highest BCUT2D eigenvalue weighted by molar-refractivity contribution is 5.88. The molecule has 0 spiro atoms. The van der Waals surface area contributed by atoms with E-state index < -0.39 is 6.04 Å². The van der Waals surface area contributed by atoms with E-state index in [2.05, 4.69) is 29.4 Å². The van der Waals surface area contributed by atoms with Crippen LogP contribution in [0.1, 0.15) is 26.7 Å². The fourth-order valence-corrected chi connectivity index (χ4v) is 2.88. The molecule has 8 heteroatoms. The van der Waals surface area contributed by atoms with E-state index in [1.54, 1.807) is 4.90 Å². The third-order valence-electron chi connectivity index (χ3n) is 4.36. The molecule has 1 atom stereocenters. The van der Waals surface area contributed by atoms with Gasteiger partial charge in [-0.3, -0.25) is 14.5 Å². The van der Waals surface area contributed by atoms with Crippen molar-refractivity contribution in [3.05, 3.63) is 0 Å². The first-order valence-corrected chi connectivity index (χ1v) is 8.67. The van der Waals surface area contributed by atoms with Crippen molar-refractivity contribution < 1.29 is 19.1 Å². The van der Waals surface area contributed by atoms with Crippen LogP contribution in [0, 0.1) is 5.92 Å². The van der Waals surface area contributed by atoms with E-state index in [1.165, 1.54) is 0 Å². The number of rotatable bonds is 8. The third-order valence-corrected chi connectivity index (χ3v) is 4.36. The van der Waals surface area contributed by atoms with Gasteiger partial charge in [0.25, 0.3) is 0 Å². The highest BCUT2D eigenvalue weighted by Gasteiger charge is 2.31. The first-order chi connectivity index (χ1) is 11.5. The molecule has 136 valence electrons. The van der Waals surface area contributed by atoms with E-state index in [-0.39, 0.29) is 24.3 Å². The molecular weight excluding hydrogens is 312 g/mol. The van der Waals surface area contributed by atoms with Crippen molar-refractivity contribution in [2.75, 3.05) is 45.9 Å². The Morgan fingerprint density at radius 1 is 1.33 bits per heavy atom. The molecule has 0 radical (unpaired) electrons. The van der Waals surface area contributed by atoms with Crippen molar-refractivity contribution in [2.45, 2.75) is 32.7 Å². The van der Waals surface area contributed by atoms with Crippen LogP contribution in [-0.2, 0) is 14.3 Å². The van der Waals surface area contributed by atoms with E-state index in [4.69, 9.17) is 4.74 Å². The van der Waals surface area contributed by atoms with Gasteiger partial charge < -0.3 is 20.3 Å². The average molecular weight is 340 g/mol. The zero-order chi connectivity index (χ0) is 17.5. The number of carbonyl (C=O) groups is 3. The first-order valence-electron chi connectivity index (χ1n) is 8.67. The van der Waals surface area contributed by atoms with Crippen LogP contribution in [0.2, 0.25) is 0 Å². The maximum atomic E-state index is 12.1. The van der Waals surface area contributed by atoms with Crippen molar-refractivity contribution in [2.24, 2.45) is 5.92 Å². The van der Waals surface area contributed by atoms with Gasteiger partial charge in [-0.05, 0) is 18.9 Å². The molecule has 2 saturated heterocycles. The number of carbonyl (C=O) groups excluding carboxylic acids is 3. The van der Waals surface area contributed by atoms with Gasteiger partial charge in [0.05, 0.1) is 19.0 Å². The van der Waals surface area contributed by atoms with E-state index in [1.807, 2.05) is 0 Å². The lowest BCUT2D eigenvalue weighted by Crippen LogP contribution is -2.56. The number of amides is 3. The van der Waals surface area contributed by atoms with Crippen LogP contribution in [0.15, 0.2) is 0 Å². The van der Waals surface area contributed by atoms with Crippen molar-refractivity contribution in [3.8, 4) is 0 Å². The summed E-state index contributed by atoms with van der Waals surface area (Å²) in [6.45, 7) is 8.28. The highest BCUT2D eigenvalue weighted by atomic mass is 16.6. The summed E-state index contributed by atoms with van der Waals surface area (Å²) in [6, 6.07) is -0.408. The minimum atomic E-state index is -0.408. The summed E-state index contributed by atoms with van der Waals surface area (Å²) >= 11 is 0. The number of cyclic esters (lactones) is 1. The molecule has 8 nitrogen and oxygen atoms in total. The third kappa shape index (κ3) is 5.36. The maximum Gasteiger partial charge on any atom is 0.409 e. The van der Waals surface area contributed by atoms with Gasteiger partial charge in [0.2, 0.25) is 11.8 Å². The Hall–Kier alpha value is -1.83. The zero-order valence-electron chi connectivity index (χ0n) is 14.5. The molecule has 2 heterocycles. The standard InChI is InChI=1S/C16H28N4O4/c1-12(2)3-6-19-7-5-18-15(22)13(19)11-14(21)17-4-8-20-9-10-24-16(20)23/h12-13H,3-11H2,1-2H3,(H,17,21)(H,18,22). The zero-order valence-corrected chi connectivity index (χ0v) is 14.5. The lowest BCUT2D eigenvalue weighted by atomic mass is 10.1. The minimum absolute atomic E-state index is 0.0803. The van der Waals surface area contributed by atoms with Crippen molar-refractivity contribution in [1.29, 1.82) is 0 Å². The Balaban J connectivity index is 1.76. The number of ether oxygens (including phenoxy) is 1. The second-order valence-corrected chi connectivity index (χ2v) is 6.68. The lowest BCUT2D eigenvalue weighted by molar-refractivity contribution is -0.134. The summed E-state index contributed by atoms with van der Waals surface area (Å²) in [7, 11) is 0. The predicted octanol–water partition coefficient (Wildman–Crippen LogP) is -0.209. The second kappa shape index (κ2) is 8.86. The molecule has 2 rings (SSSR count). The molecule has 1 unspecified atom stereocenters. The largest absolute Gasteiger partial charge is 0.448 e. The normalized spacial score (nSPS) is 21.8. The summed E-state index contributed by atoms with van der Waals surface area (Å²) in [5.74, 6) is 0.312. The summed E-state index contributed by atoms with van der Waals surface area (Å²) in [6.07, 6.45) is 0.812. The van der Waals surface area contributed by atoms with Crippen LogP contribution in [0.25, 0.3) is 0 Å². The van der Waals surface area contributed by atoms with Crippen LogP contribution in [0.4, 0.5) is 4.79 Å². The molecule has 2 N–H and O–H groups in total. The molecule has 0 aromatic carbocycles. The number of nitrogens with one attached hydrogen (secondary N) is 2. The van der Waals surface area contributed by atoms with Crippen molar-refractivity contribution >= 4 is 17.9 Å². The topological polar surface area (TPSA) is 91.0 Å². The van der Waals surface area contributed by atoms with Gasteiger partial charge in [-0.15, -0.1) is 0 Å². The minimum Gasteiger partial charge on any atom is -0.448 e. The van der Waals surface area contributed by atoms with Gasteiger partial charge in [0.15, 0.2) is 0 Å². The number of piperazine rings is 1. The van der Waals surface area contributed by atoms with Crippen molar-refractivity contribution in [1.82, 2.24) is 20.4 Å². The maximum absolute atomic E-state index is 12.1. The highest BCUT2D eigenvalue weighted by Crippen LogP contribution is 2.12. The molecule has 0 saturated carbocycles. The molecule has 2 aliphatic heterocycles. The SMILES string of the molecule is CC(C)CCN1CCNC(=O)C1CC(=O)NCCN1CCOC1=O. The van der Waals surface area contributed by atoms with Crippen molar-refractivity contribution in [3.63, 3.8) is 0 Å². The molecule has 0 aliphatic carbocycles. The molecule has 0 aromatic heterocycles. The van der Waals surface area contributed by atoms with E-state index in [0.717, 1.165) is 19.5 Å².